The van der Waals surface area contributed by atoms with Crippen molar-refractivity contribution in [1.29, 1.82) is 0 Å². The molecule has 9 nitrogen and oxygen atoms in total. The van der Waals surface area contributed by atoms with Gasteiger partial charge in [-0.3, -0.25) is 29.5 Å². The molecule has 6 atom stereocenters. The van der Waals surface area contributed by atoms with Gasteiger partial charge in [0.15, 0.2) is 11.5 Å². The number of phenols is 1. The number of halogens is 2. The summed E-state index contributed by atoms with van der Waals surface area (Å²) in [6.07, 6.45) is 2.33. The first kappa shape index (κ1) is 32.7. The van der Waals surface area contributed by atoms with Crippen LogP contribution in [0.3, 0.4) is 0 Å². The molecule has 4 aromatic carbocycles. The Hall–Kier alpha value is -5.48. The van der Waals surface area contributed by atoms with Crippen LogP contribution in [0.25, 0.3) is 0 Å². The highest BCUT2D eigenvalue weighted by Crippen LogP contribution is 2.64. The Bertz CT molecular complexity index is 2110. The maximum absolute atomic E-state index is 15.2. The quantitative estimate of drug-likeness (QED) is 0.161. The van der Waals surface area contributed by atoms with Gasteiger partial charge in [0.05, 0.1) is 41.2 Å². The summed E-state index contributed by atoms with van der Waals surface area (Å²) in [5, 5.41) is 12.2. The molecule has 4 amide bonds. The number of carbonyl (C=O) groups excluding carboxylic acids is 4. The molecule has 2 aliphatic carbocycles. The summed E-state index contributed by atoms with van der Waals surface area (Å²) >= 11 is 6.36. The van der Waals surface area contributed by atoms with Crippen LogP contribution in [0, 0.1) is 29.5 Å². The summed E-state index contributed by atoms with van der Waals surface area (Å²) in [6.45, 7) is 2.05. The number of aromatic hydroxyl groups is 1. The van der Waals surface area contributed by atoms with E-state index >= 15 is 4.79 Å². The second-order valence-corrected chi connectivity index (χ2v) is 13.8. The van der Waals surface area contributed by atoms with E-state index in [2.05, 4.69) is 5.43 Å². The fraction of sp³-hybridized carbons (Fsp3) is 0.250. The number of fused-ring (bicyclic) bond motifs is 4. The Morgan fingerprint density at radius 3 is 2.33 bits per heavy atom. The van der Waals surface area contributed by atoms with Crippen LogP contribution >= 0.6 is 11.6 Å². The Labute approximate surface area is 298 Å². The predicted octanol–water partition coefficient (Wildman–Crippen LogP) is 6.77. The van der Waals surface area contributed by atoms with Gasteiger partial charge in [0.2, 0.25) is 11.8 Å². The van der Waals surface area contributed by atoms with Gasteiger partial charge in [-0.25, -0.2) is 4.39 Å². The summed E-state index contributed by atoms with van der Waals surface area (Å²) < 4.78 is 19.7. The third-order valence-electron chi connectivity index (χ3n) is 10.9. The van der Waals surface area contributed by atoms with Crippen molar-refractivity contribution in [2.45, 2.75) is 31.1 Å². The van der Waals surface area contributed by atoms with E-state index in [0.717, 1.165) is 10.6 Å². The van der Waals surface area contributed by atoms with Crippen molar-refractivity contribution in [2.75, 3.05) is 16.9 Å². The molecule has 1 saturated carbocycles. The van der Waals surface area contributed by atoms with Gasteiger partial charge in [-0.05, 0) is 97.5 Å². The molecule has 0 bridgehead atoms. The van der Waals surface area contributed by atoms with Gasteiger partial charge in [0.1, 0.15) is 5.82 Å². The van der Waals surface area contributed by atoms with Gasteiger partial charge in [-0.2, -0.15) is 5.01 Å². The van der Waals surface area contributed by atoms with Crippen LogP contribution in [-0.4, -0.2) is 40.4 Å². The third kappa shape index (κ3) is 4.95. The molecule has 3 fully saturated rings. The lowest BCUT2D eigenvalue weighted by Crippen LogP contribution is -2.53. The zero-order valence-corrected chi connectivity index (χ0v) is 28.2. The molecule has 11 heteroatoms. The summed E-state index contributed by atoms with van der Waals surface area (Å²) in [5.74, 6) is -5.88. The number of hydrazine groups is 1. The number of hydrogen-bond donors (Lipinski definition) is 2. The van der Waals surface area contributed by atoms with Crippen molar-refractivity contribution in [1.82, 2.24) is 5.01 Å². The first-order chi connectivity index (χ1) is 24.6. The Morgan fingerprint density at radius 2 is 1.63 bits per heavy atom. The standard InChI is InChI=1S/C40H33ClFN3O6/c1-2-51-33-20-22(8-19-32(33)46)35-28-17-18-29-34(38(49)44(36(29)47)27-6-4-3-5-7-27)30(28)21-31-37(48)45(43-26-15-13-25(42)14-16-26)39(50)40(31,35)23-9-11-24(41)12-10-23/h3-17,19-20,29-31,34-35,43,46H,2,18,21H2,1H3. The lowest BCUT2D eigenvalue weighted by atomic mass is 9.49. The molecule has 2 saturated heterocycles. The summed E-state index contributed by atoms with van der Waals surface area (Å²) in [4.78, 5) is 59.6. The monoisotopic (exact) mass is 705 g/mol. The van der Waals surface area contributed by atoms with Crippen molar-refractivity contribution < 1.29 is 33.4 Å². The van der Waals surface area contributed by atoms with Crippen molar-refractivity contribution in [3.8, 4) is 11.5 Å². The van der Waals surface area contributed by atoms with Crippen molar-refractivity contribution in [3.63, 3.8) is 0 Å². The number of nitrogens with one attached hydrogen (secondary N) is 1. The number of phenolic OH excluding ortho intramolecular Hbond substituents is 1. The number of imide groups is 2. The number of para-hydroxylation sites is 1. The number of carbonyl (C=O) groups is 4. The molecule has 4 aliphatic rings. The Morgan fingerprint density at radius 1 is 0.902 bits per heavy atom. The van der Waals surface area contributed by atoms with Crippen molar-refractivity contribution >= 4 is 46.6 Å². The average Bonchev–Trinajstić information content (AvgIpc) is 3.51. The molecule has 2 aliphatic heterocycles. The van der Waals surface area contributed by atoms with E-state index in [1.165, 1.54) is 35.2 Å². The minimum absolute atomic E-state index is 0.0914. The van der Waals surface area contributed by atoms with Crippen LogP contribution < -0.4 is 15.1 Å². The molecule has 258 valence electrons. The van der Waals surface area contributed by atoms with Crippen LogP contribution in [0.5, 0.6) is 11.5 Å². The maximum atomic E-state index is 15.2. The number of rotatable bonds is 7. The van der Waals surface area contributed by atoms with E-state index in [1.807, 2.05) is 12.1 Å². The smallest absolute Gasteiger partial charge is 0.260 e. The largest absolute Gasteiger partial charge is 0.504 e. The number of benzene rings is 4. The van der Waals surface area contributed by atoms with Gasteiger partial charge < -0.3 is 9.84 Å². The minimum Gasteiger partial charge on any atom is -0.504 e. The third-order valence-corrected chi connectivity index (χ3v) is 11.1. The molecule has 8 rings (SSSR count). The normalized spacial score (nSPS) is 26.8. The highest BCUT2D eigenvalue weighted by atomic mass is 35.5. The zero-order valence-electron chi connectivity index (χ0n) is 27.5. The maximum Gasteiger partial charge on any atom is 0.260 e. The van der Waals surface area contributed by atoms with E-state index in [0.29, 0.717) is 27.5 Å². The van der Waals surface area contributed by atoms with Crippen LogP contribution in [0.4, 0.5) is 15.8 Å². The highest BCUT2D eigenvalue weighted by Gasteiger charge is 2.70. The average molecular weight is 706 g/mol. The van der Waals surface area contributed by atoms with Gasteiger partial charge >= 0.3 is 0 Å². The number of amides is 4. The zero-order chi connectivity index (χ0) is 35.6. The second-order valence-electron chi connectivity index (χ2n) is 13.4. The Kier molecular flexibility index (Phi) is 7.94. The number of hydrogen-bond acceptors (Lipinski definition) is 7. The lowest BCUT2D eigenvalue weighted by Gasteiger charge is -2.50. The number of allylic oxidation sites excluding steroid dienone is 2. The molecule has 6 unspecified atom stereocenters. The van der Waals surface area contributed by atoms with Crippen LogP contribution in [0.2, 0.25) is 5.02 Å². The second kappa shape index (κ2) is 12.4. The summed E-state index contributed by atoms with van der Waals surface area (Å²) in [6, 6.07) is 25.8. The van der Waals surface area contributed by atoms with Crippen LogP contribution in [0.15, 0.2) is 109 Å². The summed E-state index contributed by atoms with van der Waals surface area (Å²) in [5.41, 5.74) is 4.09. The SMILES string of the molecule is CCOc1cc(C2C3=CCC4C(=O)N(c5ccccc5)C(=O)C4C3CC3C(=O)N(Nc4ccc(F)cc4)C(=O)C32c2ccc(Cl)cc2)ccc1O. The van der Waals surface area contributed by atoms with Crippen molar-refractivity contribution in [2.24, 2.45) is 23.7 Å². The molecule has 2 heterocycles. The molecule has 0 radical (unpaired) electrons. The summed E-state index contributed by atoms with van der Waals surface area (Å²) in [7, 11) is 0. The van der Waals surface area contributed by atoms with Crippen molar-refractivity contribution in [3.05, 3.63) is 131 Å². The van der Waals surface area contributed by atoms with E-state index in [1.54, 1.807) is 67.6 Å². The lowest BCUT2D eigenvalue weighted by molar-refractivity contribution is -0.138. The van der Waals surface area contributed by atoms with Gasteiger partial charge in [0.25, 0.3) is 11.8 Å². The predicted molar refractivity (Wildman–Crippen MR) is 187 cm³/mol. The van der Waals surface area contributed by atoms with E-state index in [-0.39, 0.29) is 42.8 Å². The van der Waals surface area contributed by atoms with E-state index in [4.69, 9.17) is 16.3 Å². The van der Waals surface area contributed by atoms with Crippen LogP contribution in [-0.2, 0) is 24.6 Å². The first-order valence-corrected chi connectivity index (χ1v) is 17.3. The molecular formula is C40H33ClFN3O6. The molecular weight excluding hydrogens is 673 g/mol. The van der Waals surface area contributed by atoms with Gasteiger partial charge in [-0.15, -0.1) is 0 Å². The molecule has 4 aromatic rings. The fourth-order valence-corrected chi connectivity index (χ4v) is 8.97. The minimum atomic E-state index is -1.55. The van der Waals surface area contributed by atoms with Gasteiger partial charge in [0, 0.05) is 10.9 Å². The fourth-order valence-electron chi connectivity index (χ4n) is 8.84. The first-order valence-electron chi connectivity index (χ1n) is 16.9. The molecule has 51 heavy (non-hydrogen) atoms. The van der Waals surface area contributed by atoms with Gasteiger partial charge in [-0.1, -0.05) is 59.6 Å². The number of nitrogens with zero attached hydrogens (tertiary/aromatic N) is 2. The topological polar surface area (TPSA) is 116 Å². The molecule has 0 spiro atoms. The Balaban J connectivity index is 1.34. The van der Waals surface area contributed by atoms with Crippen LogP contribution in [0.1, 0.15) is 36.8 Å². The molecule has 2 N–H and O–H groups in total. The molecule has 0 aromatic heterocycles. The van der Waals surface area contributed by atoms with E-state index in [9.17, 15) is 23.9 Å². The number of ether oxygens (including phenoxy) is 1. The van der Waals surface area contributed by atoms with E-state index < -0.39 is 52.6 Å². The highest BCUT2D eigenvalue weighted by molar-refractivity contribution is 6.30. The number of anilines is 2.